The molecule has 10 heteroatoms. The Balaban J connectivity index is 1.34. The van der Waals surface area contributed by atoms with Crippen molar-refractivity contribution in [2.75, 3.05) is 0 Å². The SMILES string of the molecule is C=C1OB(c2cnc(-c3csc(Cn4nc(-c5cccc(C#N)c5)ccc4=O)c3)nc2)OC1(C)C. The summed E-state index contributed by atoms with van der Waals surface area (Å²) in [5, 5.41) is 15.6. The quantitative estimate of drug-likeness (QED) is 0.403. The van der Waals surface area contributed by atoms with Crippen molar-refractivity contribution in [3.63, 3.8) is 0 Å². The summed E-state index contributed by atoms with van der Waals surface area (Å²) in [6.45, 7) is 8.01. The van der Waals surface area contributed by atoms with Crippen LogP contribution in [0.5, 0.6) is 0 Å². The maximum atomic E-state index is 12.4. The van der Waals surface area contributed by atoms with Gasteiger partial charge in [0, 0.05) is 45.3 Å². The van der Waals surface area contributed by atoms with Crippen molar-refractivity contribution in [3.8, 4) is 28.7 Å². The van der Waals surface area contributed by atoms with Crippen molar-refractivity contribution in [2.24, 2.45) is 0 Å². The van der Waals surface area contributed by atoms with Crippen LogP contribution in [0, 0.1) is 11.3 Å². The maximum Gasteiger partial charge on any atom is 0.566 e. The molecule has 1 aliphatic heterocycles. The standard InChI is InChI=1S/C25H20BN5O3S/c1-16-25(2,3)34-26(33-16)20-12-28-24(29-13-20)19-10-21(35-15-19)14-31-23(32)8-7-22(30-31)18-6-4-5-17(9-18)11-27/h4-10,12-13,15H,1,14H2,2-3H3. The summed E-state index contributed by atoms with van der Waals surface area (Å²) in [5.74, 6) is 1.13. The zero-order chi connectivity index (χ0) is 24.6. The number of aromatic nitrogens is 4. The lowest BCUT2D eigenvalue weighted by atomic mass is 9.81. The molecular formula is C25H20BN5O3S. The molecule has 0 saturated carbocycles. The van der Waals surface area contributed by atoms with Gasteiger partial charge in [0.05, 0.1) is 29.6 Å². The molecule has 5 rings (SSSR count). The topological polar surface area (TPSA) is 103 Å². The van der Waals surface area contributed by atoms with Crippen molar-refractivity contribution >= 4 is 23.9 Å². The zero-order valence-corrected chi connectivity index (χ0v) is 20.0. The third-order valence-corrected chi connectivity index (χ3v) is 6.56. The average Bonchev–Trinajstić information content (AvgIpc) is 3.44. The minimum atomic E-state index is -0.580. The van der Waals surface area contributed by atoms with Crippen LogP contribution in [0.15, 0.2) is 77.4 Å². The zero-order valence-electron chi connectivity index (χ0n) is 19.1. The van der Waals surface area contributed by atoms with Crippen LogP contribution in [0.3, 0.4) is 0 Å². The van der Waals surface area contributed by atoms with Crippen LogP contribution in [0.1, 0.15) is 24.3 Å². The predicted octanol–water partition coefficient (Wildman–Crippen LogP) is 3.38. The van der Waals surface area contributed by atoms with E-state index in [1.807, 2.05) is 31.4 Å². The third kappa shape index (κ3) is 4.64. The number of hydrogen-bond donors (Lipinski definition) is 0. The first-order chi connectivity index (χ1) is 16.8. The Labute approximate surface area is 206 Å². The van der Waals surface area contributed by atoms with Crippen LogP contribution in [-0.2, 0) is 15.9 Å². The van der Waals surface area contributed by atoms with Crippen LogP contribution in [0.2, 0.25) is 0 Å². The van der Waals surface area contributed by atoms with Gasteiger partial charge in [-0.25, -0.2) is 14.6 Å². The Morgan fingerprint density at radius 2 is 1.97 bits per heavy atom. The molecule has 0 N–H and O–H groups in total. The molecule has 1 aromatic carbocycles. The molecule has 0 atom stereocenters. The van der Waals surface area contributed by atoms with Gasteiger partial charge in [-0.1, -0.05) is 18.7 Å². The fourth-order valence-electron chi connectivity index (χ4n) is 3.57. The normalized spacial score (nSPS) is 14.5. The Hall–Kier alpha value is -4.07. The second kappa shape index (κ2) is 8.94. The van der Waals surface area contributed by atoms with Gasteiger partial charge in [-0.05, 0) is 38.1 Å². The van der Waals surface area contributed by atoms with E-state index < -0.39 is 12.7 Å². The smallest absolute Gasteiger partial charge is 0.534 e. The molecule has 1 saturated heterocycles. The molecule has 172 valence electrons. The largest absolute Gasteiger partial charge is 0.566 e. The molecule has 4 aromatic rings. The van der Waals surface area contributed by atoms with Gasteiger partial charge < -0.3 is 9.31 Å². The molecule has 0 unspecified atom stereocenters. The lowest BCUT2D eigenvalue weighted by Crippen LogP contribution is -2.35. The summed E-state index contributed by atoms with van der Waals surface area (Å²) >= 11 is 1.50. The van der Waals surface area contributed by atoms with Gasteiger partial charge in [0.25, 0.3) is 5.56 Å². The van der Waals surface area contributed by atoms with Crippen molar-refractivity contribution in [1.29, 1.82) is 5.26 Å². The summed E-state index contributed by atoms with van der Waals surface area (Å²) in [4.78, 5) is 22.3. The molecule has 0 aliphatic carbocycles. The van der Waals surface area contributed by atoms with Gasteiger partial charge in [-0.2, -0.15) is 10.4 Å². The Kier molecular flexibility index (Phi) is 5.80. The minimum absolute atomic E-state index is 0.207. The fourth-order valence-corrected chi connectivity index (χ4v) is 4.41. The third-order valence-electron chi connectivity index (χ3n) is 5.64. The Bertz CT molecular complexity index is 1520. The molecule has 1 aliphatic rings. The highest BCUT2D eigenvalue weighted by Gasteiger charge is 2.43. The summed E-state index contributed by atoms with van der Waals surface area (Å²) in [6.07, 6.45) is 3.37. The van der Waals surface area contributed by atoms with E-state index in [4.69, 9.17) is 14.6 Å². The van der Waals surface area contributed by atoms with E-state index in [2.05, 4.69) is 27.7 Å². The van der Waals surface area contributed by atoms with E-state index in [-0.39, 0.29) is 5.56 Å². The number of rotatable bonds is 5. The van der Waals surface area contributed by atoms with Gasteiger partial charge in [0.1, 0.15) is 5.60 Å². The van der Waals surface area contributed by atoms with Gasteiger partial charge in [-0.15, -0.1) is 11.3 Å². The number of thiophene rings is 1. The predicted molar refractivity (Wildman–Crippen MR) is 134 cm³/mol. The second-order valence-electron chi connectivity index (χ2n) is 8.55. The molecule has 35 heavy (non-hydrogen) atoms. The highest BCUT2D eigenvalue weighted by atomic mass is 32.1. The van der Waals surface area contributed by atoms with Gasteiger partial charge in [0.15, 0.2) is 5.82 Å². The van der Waals surface area contributed by atoms with E-state index in [1.165, 1.54) is 22.1 Å². The fraction of sp³-hybridized carbons (Fsp3) is 0.160. The molecule has 1 fully saturated rings. The van der Waals surface area contributed by atoms with Crippen molar-refractivity contribution in [1.82, 2.24) is 19.7 Å². The van der Waals surface area contributed by atoms with E-state index in [0.717, 1.165) is 16.0 Å². The number of benzene rings is 1. The minimum Gasteiger partial charge on any atom is -0.534 e. The molecule has 0 spiro atoms. The van der Waals surface area contributed by atoms with E-state index >= 15 is 0 Å². The van der Waals surface area contributed by atoms with Crippen LogP contribution in [0.25, 0.3) is 22.6 Å². The maximum absolute atomic E-state index is 12.4. The lowest BCUT2D eigenvalue weighted by molar-refractivity contribution is 0.173. The molecule has 0 bridgehead atoms. The first-order valence-corrected chi connectivity index (χ1v) is 11.7. The summed E-state index contributed by atoms with van der Waals surface area (Å²) < 4.78 is 13.0. The molecule has 3 aromatic heterocycles. The van der Waals surface area contributed by atoms with E-state index in [9.17, 15) is 4.79 Å². The highest BCUT2D eigenvalue weighted by Crippen LogP contribution is 2.29. The summed E-state index contributed by atoms with van der Waals surface area (Å²) in [7, 11) is -0.580. The lowest BCUT2D eigenvalue weighted by Gasteiger charge is -2.15. The summed E-state index contributed by atoms with van der Waals surface area (Å²) in [6, 6.07) is 14.4. The number of nitriles is 1. The molecular weight excluding hydrogens is 461 g/mol. The van der Waals surface area contributed by atoms with Crippen LogP contribution >= 0.6 is 11.3 Å². The van der Waals surface area contributed by atoms with Crippen LogP contribution in [0.4, 0.5) is 0 Å². The van der Waals surface area contributed by atoms with Crippen LogP contribution in [-0.4, -0.2) is 32.5 Å². The van der Waals surface area contributed by atoms with Crippen molar-refractivity contribution < 1.29 is 9.31 Å². The van der Waals surface area contributed by atoms with Crippen molar-refractivity contribution in [3.05, 3.63) is 93.4 Å². The average molecular weight is 481 g/mol. The Morgan fingerprint density at radius 3 is 2.69 bits per heavy atom. The van der Waals surface area contributed by atoms with E-state index in [1.54, 1.807) is 36.7 Å². The molecule has 4 heterocycles. The molecule has 0 amide bonds. The van der Waals surface area contributed by atoms with Crippen molar-refractivity contribution in [2.45, 2.75) is 26.0 Å². The first kappa shape index (κ1) is 22.7. The van der Waals surface area contributed by atoms with Gasteiger partial charge in [-0.3, -0.25) is 4.79 Å². The van der Waals surface area contributed by atoms with Crippen LogP contribution < -0.4 is 11.0 Å². The second-order valence-corrected chi connectivity index (χ2v) is 9.55. The van der Waals surface area contributed by atoms with Gasteiger partial charge >= 0.3 is 7.12 Å². The first-order valence-electron chi connectivity index (χ1n) is 10.8. The highest BCUT2D eigenvalue weighted by molar-refractivity contribution is 7.10. The monoisotopic (exact) mass is 481 g/mol. The molecule has 0 radical (unpaired) electrons. The summed E-state index contributed by atoms with van der Waals surface area (Å²) in [5.41, 5.74) is 2.73. The number of hydrogen-bond acceptors (Lipinski definition) is 8. The number of nitrogens with zero attached hydrogens (tertiary/aromatic N) is 5. The Morgan fingerprint density at radius 1 is 1.17 bits per heavy atom. The van der Waals surface area contributed by atoms with E-state index in [0.29, 0.717) is 34.8 Å². The van der Waals surface area contributed by atoms with Gasteiger partial charge in [0.2, 0.25) is 0 Å². The molecule has 8 nitrogen and oxygen atoms in total.